The predicted octanol–water partition coefficient (Wildman–Crippen LogP) is 2.79. The summed E-state index contributed by atoms with van der Waals surface area (Å²) in [5.41, 5.74) is -0.245. The van der Waals surface area contributed by atoms with Crippen molar-refractivity contribution in [3.8, 4) is 5.75 Å². The molecule has 0 unspecified atom stereocenters. The van der Waals surface area contributed by atoms with Crippen molar-refractivity contribution in [2.45, 2.75) is 18.8 Å². The Morgan fingerprint density at radius 1 is 1.35 bits per heavy atom. The summed E-state index contributed by atoms with van der Waals surface area (Å²) < 4.78 is 26.4. The van der Waals surface area contributed by atoms with Crippen LogP contribution in [0, 0.1) is 5.41 Å². The van der Waals surface area contributed by atoms with E-state index >= 15 is 0 Å². The lowest BCUT2D eigenvalue weighted by Crippen LogP contribution is -2.66. The smallest absolute Gasteiger partial charge is 0.249 e. The van der Waals surface area contributed by atoms with E-state index in [4.69, 9.17) is 0 Å². The molecular formula is C11H11BrF2N2O. The van der Waals surface area contributed by atoms with Gasteiger partial charge in [0, 0.05) is 42.0 Å². The Balaban J connectivity index is 1.70. The molecule has 1 aliphatic heterocycles. The quantitative estimate of drug-likeness (QED) is 0.867. The van der Waals surface area contributed by atoms with Crippen LogP contribution >= 0.6 is 15.9 Å². The van der Waals surface area contributed by atoms with Gasteiger partial charge in [-0.05, 0) is 22.0 Å². The molecule has 6 heteroatoms. The first kappa shape index (κ1) is 11.2. The molecule has 1 aromatic heterocycles. The average molecular weight is 305 g/mol. The van der Waals surface area contributed by atoms with Crippen LogP contribution < -0.4 is 4.90 Å². The van der Waals surface area contributed by atoms with Gasteiger partial charge in [-0.25, -0.2) is 13.8 Å². The van der Waals surface area contributed by atoms with E-state index in [2.05, 4.69) is 20.9 Å². The summed E-state index contributed by atoms with van der Waals surface area (Å²) in [5, 5.41) is 9.71. The van der Waals surface area contributed by atoms with Crippen LogP contribution in [0.1, 0.15) is 12.8 Å². The summed E-state index contributed by atoms with van der Waals surface area (Å²) in [5.74, 6) is -1.92. The molecule has 2 fully saturated rings. The molecule has 1 aromatic rings. The summed E-state index contributed by atoms with van der Waals surface area (Å²) in [4.78, 5) is 5.95. The molecule has 0 radical (unpaired) electrons. The molecule has 2 heterocycles. The minimum atomic E-state index is -2.48. The summed E-state index contributed by atoms with van der Waals surface area (Å²) in [6.45, 7) is 1.12. The van der Waals surface area contributed by atoms with Crippen LogP contribution in [-0.4, -0.2) is 29.1 Å². The number of pyridine rings is 1. The van der Waals surface area contributed by atoms with Gasteiger partial charge in [-0.15, -0.1) is 0 Å². The molecule has 1 saturated carbocycles. The SMILES string of the molecule is Oc1cc(Br)cnc1N1CC2(C1)CC(F)(F)C2. The summed E-state index contributed by atoms with van der Waals surface area (Å²) in [6, 6.07) is 1.56. The molecule has 0 amide bonds. The van der Waals surface area contributed by atoms with Crippen molar-refractivity contribution < 1.29 is 13.9 Å². The molecule has 1 aliphatic carbocycles. The highest BCUT2D eigenvalue weighted by Crippen LogP contribution is 2.57. The van der Waals surface area contributed by atoms with Crippen molar-refractivity contribution in [1.82, 2.24) is 4.98 Å². The lowest BCUT2D eigenvalue weighted by atomic mass is 9.61. The first-order valence-electron chi connectivity index (χ1n) is 5.37. The van der Waals surface area contributed by atoms with Gasteiger partial charge in [-0.1, -0.05) is 0 Å². The molecule has 1 saturated heterocycles. The van der Waals surface area contributed by atoms with Crippen molar-refractivity contribution in [3.05, 3.63) is 16.7 Å². The molecule has 2 aliphatic rings. The summed E-state index contributed by atoms with van der Waals surface area (Å²) in [6.07, 6.45) is 1.52. The van der Waals surface area contributed by atoms with E-state index in [9.17, 15) is 13.9 Å². The van der Waals surface area contributed by atoms with Crippen molar-refractivity contribution in [2.24, 2.45) is 5.41 Å². The first-order valence-corrected chi connectivity index (χ1v) is 6.16. The molecule has 0 bridgehead atoms. The predicted molar refractivity (Wildman–Crippen MR) is 62.4 cm³/mol. The zero-order chi connectivity index (χ0) is 12.3. The van der Waals surface area contributed by atoms with Crippen molar-refractivity contribution in [2.75, 3.05) is 18.0 Å². The Hall–Kier alpha value is -0.910. The van der Waals surface area contributed by atoms with Gasteiger partial charge >= 0.3 is 0 Å². The third-order valence-corrected chi connectivity index (χ3v) is 3.87. The number of aromatic nitrogens is 1. The van der Waals surface area contributed by atoms with Gasteiger partial charge in [0.15, 0.2) is 11.6 Å². The fourth-order valence-electron chi connectivity index (χ4n) is 2.85. The number of aromatic hydroxyl groups is 1. The molecule has 3 nitrogen and oxygen atoms in total. The second-order valence-electron chi connectivity index (χ2n) is 5.06. The number of rotatable bonds is 1. The third-order valence-electron chi connectivity index (χ3n) is 3.43. The van der Waals surface area contributed by atoms with Crippen LogP contribution in [0.25, 0.3) is 0 Å². The van der Waals surface area contributed by atoms with E-state index in [1.165, 1.54) is 0 Å². The number of hydrogen-bond acceptors (Lipinski definition) is 3. The van der Waals surface area contributed by atoms with Crippen LogP contribution in [0.2, 0.25) is 0 Å². The molecule has 1 N–H and O–H groups in total. The van der Waals surface area contributed by atoms with E-state index in [0.717, 1.165) is 0 Å². The zero-order valence-corrected chi connectivity index (χ0v) is 10.5. The van der Waals surface area contributed by atoms with Crippen LogP contribution in [-0.2, 0) is 0 Å². The largest absolute Gasteiger partial charge is 0.504 e. The zero-order valence-electron chi connectivity index (χ0n) is 8.96. The number of halogens is 3. The van der Waals surface area contributed by atoms with Gasteiger partial charge < -0.3 is 10.0 Å². The first-order chi connectivity index (χ1) is 7.89. The second kappa shape index (κ2) is 3.31. The Kier molecular flexibility index (Phi) is 2.18. The minimum absolute atomic E-state index is 0.0339. The lowest BCUT2D eigenvalue weighted by Gasteiger charge is -2.58. The molecular weight excluding hydrogens is 294 g/mol. The highest BCUT2D eigenvalue weighted by Gasteiger charge is 2.62. The van der Waals surface area contributed by atoms with Gasteiger partial charge in [0.25, 0.3) is 0 Å². The maximum Gasteiger partial charge on any atom is 0.249 e. The Bertz CT molecular complexity index is 465. The van der Waals surface area contributed by atoms with E-state index in [1.807, 2.05) is 4.90 Å². The second-order valence-corrected chi connectivity index (χ2v) is 5.98. The fraction of sp³-hybridized carbons (Fsp3) is 0.545. The minimum Gasteiger partial charge on any atom is -0.504 e. The molecule has 92 valence electrons. The lowest BCUT2D eigenvalue weighted by molar-refractivity contribution is -0.170. The highest BCUT2D eigenvalue weighted by atomic mass is 79.9. The average Bonchev–Trinajstić information content (AvgIpc) is 2.10. The standard InChI is InChI=1S/C11H11BrF2N2O/c12-7-1-8(17)9(15-2-7)16-5-10(6-16)3-11(13,14)4-10/h1-2,17H,3-6H2. The highest BCUT2D eigenvalue weighted by molar-refractivity contribution is 9.10. The molecule has 1 spiro atoms. The number of hydrogen-bond donors (Lipinski definition) is 1. The van der Waals surface area contributed by atoms with E-state index < -0.39 is 5.92 Å². The van der Waals surface area contributed by atoms with Crippen molar-refractivity contribution >= 4 is 21.7 Å². The number of alkyl halides is 2. The number of anilines is 1. The third kappa shape index (κ3) is 1.78. The molecule has 0 aromatic carbocycles. The van der Waals surface area contributed by atoms with Crippen LogP contribution in [0.5, 0.6) is 5.75 Å². The number of nitrogens with zero attached hydrogens (tertiary/aromatic N) is 2. The van der Waals surface area contributed by atoms with Crippen LogP contribution in [0.15, 0.2) is 16.7 Å². The molecule has 3 rings (SSSR count). The maximum atomic E-state index is 12.8. The monoisotopic (exact) mass is 304 g/mol. The van der Waals surface area contributed by atoms with Gasteiger partial charge in [0.05, 0.1) is 0 Å². The van der Waals surface area contributed by atoms with Crippen LogP contribution in [0.4, 0.5) is 14.6 Å². The normalized spacial score (nSPS) is 24.3. The van der Waals surface area contributed by atoms with Gasteiger partial charge in [0.1, 0.15) is 0 Å². The van der Waals surface area contributed by atoms with Gasteiger partial charge in [0.2, 0.25) is 5.92 Å². The molecule has 17 heavy (non-hydrogen) atoms. The van der Waals surface area contributed by atoms with Crippen LogP contribution in [0.3, 0.4) is 0 Å². The Morgan fingerprint density at radius 3 is 2.53 bits per heavy atom. The van der Waals surface area contributed by atoms with Crippen molar-refractivity contribution in [1.29, 1.82) is 0 Å². The topological polar surface area (TPSA) is 36.4 Å². The Morgan fingerprint density at radius 2 is 2.00 bits per heavy atom. The molecule has 0 atom stereocenters. The van der Waals surface area contributed by atoms with E-state index in [1.54, 1.807) is 12.3 Å². The van der Waals surface area contributed by atoms with Gasteiger partial charge in [-0.2, -0.15) is 0 Å². The summed E-state index contributed by atoms with van der Waals surface area (Å²) >= 11 is 3.21. The fourth-order valence-corrected chi connectivity index (χ4v) is 3.17. The van der Waals surface area contributed by atoms with Gasteiger partial charge in [-0.3, -0.25) is 0 Å². The summed E-state index contributed by atoms with van der Waals surface area (Å²) in [7, 11) is 0. The van der Waals surface area contributed by atoms with E-state index in [0.29, 0.717) is 23.4 Å². The Labute approximate surface area is 106 Å². The van der Waals surface area contributed by atoms with Crippen molar-refractivity contribution in [3.63, 3.8) is 0 Å². The maximum absolute atomic E-state index is 12.8. The van der Waals surface area contributed by atoms with E-state index in [-0.39, 0.29) is 24.0 Å².